The lowest BCUT2D eigenvalue weighted by molar-refractivity contribution is -0.185. The lowest BCUT2D eigenvalue weighted by atomic mass is 9.59. The Balaban J connectivity index is 1.79. The molecule has 3 N–H and O–H groups in total. The van der Waals surface area contributed by atoms with Gasteiger partial charge in [0.25, 0.3) is 5.91 Å². The maximum absolute atomic E-state index is 13.7. The number of allylic oxidation sites excluding steroid dienone is 1. The summed E-state index contributed by atoms with van der Waals surface area (Å²) in [4.78, 5) is 26.8. The van der Waals surface area contributed by atoms with Crippen molar-refractivity contribution in [3.05, 3.63) is 71.8 Å². The molecule has 1 amide bonds. The van der Waals surface area contributed by atoms with E-state index < -0.39 is 29.7 Å². The third-order valence-electron chi connectivity index (χ3n) is 7.97. The second kappa shape index (κ2) is 9.51. The molecular weight excluding hydrogens is 430 g/mol. The Morgan fingerprint density at radius 3 is 2.56 bits per heavy atom. The van der Waals surface area contributed by atoms with Crippen LogP contribution in [0.1, 0.15) is 39.2 Å². The summed E-state index contributed by atoms with van der Waals surface area (Å²) in [7, 11) is 0. The zero-order valence-corrected chi connectivity index (χ0v) is 20.1. The Morgan fingerprint density at radius 1 is 1.15 bits per heavy atom. The molecule has 3 aliphatic rings. The van der Waals surface area contributed by atoms with E-state index in [0.717, 1.165) is 5.56 Å². The van der Waals surface area contributed by atoms with E-state index in [4.69, 9.17) is 4.74 Å². The number of aliphatic hydroxyl groups is 2. The summed E-state index contributed by atoms with van der Waals surface area (Å²) in [6, 6.07) is 9.62. The van der Waals surface area contributed by atoms with Crippen molar-refractivity contribution in [1.82, 2.24) is 5.32 Å². The van der Waals surface area contributed by atoms with E-state index in [1.807, 2.05) is 50.3 Å². The molecule has 182 valence electrons. The molecular formula is C28H35NO5. The van der Waals surface area contributed by atoms with E-state index in [-0.39, 0.29) is 36.1 Å². The van der Waals surface area contributed by atoms with Gasteiger partial charge in [0.1, 0.15) is 0 Å². The molecule has 4 rings (SSSR count). The van der Waals surface area contributed by atoms with Gasteiger partial charge in [-0.1, -0.05) is 69.0 Å². The highest BCUT2D eigenvalue weighted by molar-refractivity contribution is 5.92. The van der Waals surface area contributed by atoms with Crippen LogP contribution in [0.2, 0.25) is 0 Å². The van der Waals surface area contributed by atoms with E-state index in [2.05, 4.69) is 11.9 Å². The van der Waals surface area contributed by atoms with Gasteiger partial charge in [0, 0.05) is 12.0 Å². The van der Waals surface area contributed by atoms with Crippen molar-refractivity contribution in [2.45, 2.75) is 63.9 Å². The van der Waals surface area contributed by atoms with E-state index in [1.54, 1.807) is 19.1 Å². The molecule has 1 aromatic carbocycles. The average molecular weight is 466 g/mol. The van der Waals surface area contributed by atoms with Crippen LogP contribution in [-0.4, -0.2) is 45.9 Å². The molecule has 1 aliphatic carbocycles. The number of hydrogen-bond donors (Lipinski definition) is 3. The highest BCUT2D eigenvalue weighted by Gasteiger charge is 2.67. The molecule has 0 radical (unpaired) electrons. The number of ether oxygens (including phenoxy) is 1. The van der Waals surface area contributed by atoms with Crippen LogP contribution < -0.4 is 5.32 Å². The number of aliphatic hydroxyl groups excluding tert-OH is 2. The Hall–Kier alpha value is -2.70. The molecule has 1 saturated carbocycles. The van der Waals surface area contributed by atoms with Gasteiger partial charge in [-0.05, 0) is 48.3 Å². The number of carbonyl (C=O) groups excluding carboxylic acids is 2. The number of nitrogens with one attached hydrogen (secondary N) is 1. The van der Waals surface area contributed by atoms with Crippen LogP contribution in [0.4, 0.5) is 0 Å². The van der Waals surface area contributed by atoms with Crippen molar-refractivity contribution < 1.29 is 24.5 Å². The van der Waals surface area contributed by atoms with E-state index in [0.29, 0.717) is 24.0 Å². The molecule has 34 heavy (non-hydrogen) atoms. The van der Waals surface area contributed by atoms with E-state index in [9.17, 15) is 19.8 Å². The third-order valence-corrected chi connectivity index (χ3v) is 7.97. The third kappa shape index (κ3) is 4.14. The minimum atomic E-state index is -1.53. The van der Waals surface area contributed by atoms with Gasteiger partial charge < -0.3 is 20.3 Å². The van der Waals surface area contributed by atoms with E-state index >= 15 is 0 Å². The summed E-state index contributed by atoms with van der Waals surface area (Å²) < 4.78 is 6.09. The minimum absolute atomic E-state index is 0.0530. The summed E-state index contributed by atoms with van der Waals surface area (Å²) in [6.45, 7) is 9.84. The van der Waals surface area contributed by atoms with Crippen molar-refractivity contribution >= 4 is 11.9 Å². The van der Waals surface area contributed by atoms with Crippen LogP contribution in [0.5, 0.6) is 0 Å². The summed E-state index contributed by atoms with van der Waals surface area (Å²) in [6.07, 6.45) is 4.71. The van der Waals surface area contributed by atoms with Crippen molar-refractivity contribution in [3.8, 4) is 0 Å². The maximum Gasteiger partial charge on any atom is 0.310 e. The Bertz CT molecular complexity index is 1010. The van der Waals surface area contributed by atoms with Crippen molar-refractivity contribution in [2.75, 3.05) is 0 Å². The molecule has 8 atom stereocenters. The molecule has 2 aliphatic heterocycles. The lowest BCUT2D eigenvalue weighted by Crippen LogP contribution is -2.61. The summed E-state index contributed by atoms with van der Waals surface area (Å²) in [5.41, 5.74) is 0.876. The van der Waals surface area contributed by atoms with Crippen LogP contribution in [-0.2, 0) is 20.7 Å². The predicted octanol–water partition coefficient (Wildman–Crippen LogP) is 3.10. The van der Waals surface area contributed by atoms with Crippen LogP contribution >= 0.6 is 0 Å². The normalized spacial score (nSPS) is 38.6. The number of amides is 1. The molecule has 6 heteroatoms. The van der Waals surface area contributed by atoms with Crippen molar-refractivity contribution in [3.63, 3.8) is 0 Å². The molecule has 8 unspecified atom stereocenters. The topological polar surface area (TPSA) is 95.9 Å². The van der Waals surface area contributed by atoms with Gasteiger partial charge in [0.2, 0.25) is 5.60 Å². The quantitative estimate of drug-likeness (QED) is 0.461. The number of benzene rings is 1. The van der Waals surface area contributed by atoms with Crippen LogP contribution in [0, 0.1) is 23.7 Å². The first-order valence-electron chi connectivity index (χ1n) is 12.1. The number of hydrogen-bond acceptors (Lipinski definition) is 5. The maximum atomic E-state index is 13.7. The van der Waals surface area contributed by atoms with Crippen LogP contribution in [0.25, 0.3) is 0 Å². The largest absolute Gasteiger partial charge is 0.448 e. The fourth-order valence-electron chi connectivity index (χ4n) is 5.97. The molecule has 1 aromatic rings. The zero-order valence-electron chi connectivity index (χ0n) is 20.1. The first kappa shape index (κ1) is 24.4. The van der Waals surface area contributed by atoms with Gasteiger partial charge in [0.15, 0.2) is 0 Å². The Labute approximate surface area is 201 Å². The van der Waals surface area contributed by atoms with Gasteiger partial charge in [-0.25, -0.2) is 0 Å². The van der Waals surface area contributed by atoms with E-state index in [1.165, 1.54) is 0 Å². The van der Waals surface area contributed by atoms with Crippen molar-refractivity contribution in [1.29, 1.82) is 0 Å². The standard InChI is InChI=1S/C28H35NO5/c1-16-9-8-12-21-26(32)19(4)18(3)24-22(15-20-10-6-5-7-11-20)29-27(33)28(21,24)34-23(30)14-13-17(2)25(16)31/h5-8,10-13,16,18,21-22,24-26,31-32H,4,9,14-15H2,1-3H3,(H,29,33). The molecule has 0 bridgehead atoms. The zero-order chi connectivity index (χ0) is 24.6. The monoisotopic (exact) mass is 465 g/mol. The van der Waals surface area contributed by atoms with Crippen LogP contribution in [0.3, 0.4) is 0 Å². The molecule has 0 aromatic heterocycles. The second-order valence-electron chi connectivity index (χ2n) is 10.1. The molecule has 2 fully saturated rings. The molecule has 1 saturated heterocycles. The smallest absolute Gasteiger partial charge is 0.310 e. The number of esters is 1. The summed E-state index contributed by atoms with van der Waals surface area (Å²) >= 11 is 0. The van der Waals surface area contributed by atoms with Gasteiger partial charge >= 0.3 is 5.97 Å². The fraction of sp³-hybridized carbons (Fsp3) is 0.500. The van der Waals surface area contributed by atoms with Gasteiger partial charge in [-0.2, -0.15) is 0 Å². The second-order valence-corrected chi connectivity index (χ2v) is 10.1. The van der Waals surface area contributed by atoms with Gasteiger partial charge in [0.05, 0.1) is 24.5 Å². The van der Waals surface area contributed by atoms with Crippen LogP contribution in [0.15, 0.2) is 66.3 Å². The SMILES string of the molecule is C=C1C(C)C2C(Cc3ccccc3)NC(=O)C23OC(=O)CC=C(C)C(O)C(C)CC=CC3C1O. The number of carbonyl (C=O) groups is 2. The summed E-state index contributed by atoms with van der Waals surface area (Å²) in [5, 5.41) is 24.9. The number of rotatable bonds is 2. The van der Waals surface area contributed by atoms with Gasteiger partial charge in [-0.15, -0.1) is 0 Å². The molecule has 2 heterocycles. The minimum Gasteiger partial charge on any atom is -0.448 e. The summed E-state index contributed by atoms with van der Waals surface area (Å²) in [5.74, 6) is -2.39. The molecule has 1 spiro atoms. The Morgan fingerprint density at radius 2 is 1.85 bits per heavy atom. The van der Waals surface area contributed by atoms with Gasteiger partial charge in [-0.3, -0.25) is 9.59 Å². The average Bonchev–Trinajstić information content (AvgIpc) is 3.08. The predicted molar refractivity (Wildman–Crippen MR) is 129 cm³/mol. The molecule has 6 nitrogen and oxygen atoms in total. The lowest BCUT2D eigenvalue weighted by Gasteiger charge is -2.49. The first-order chi connectivity index (χ1) is 16.2. The fourth-order valence-corrected chi connectivity index (χ4v) is 5.97. The highest BCUT2D eigenvalue weighted by Crippen LogP contribution is 2.52. The Kier molecular flexibility index (Phi) is 6.83. The highest BCUT2D eigenvalue weighted by atomic mass is 16.6. The first-order valence-corrected chi connectivity index (χ1v) is 12.1. The van der Waals surface area contributed by atoms with Crippen molar-refractivity contribution in [2.24, 2.45) is 23.7 Å².